The Kier molecular flexibility index (Phi) is 9.94. The number of rotatable bonds is 11. The molecule has 0 bridgehead atoms. The molecular formula is C20H35N3O3S. The van der Waals surface area contributed by atoms with Crippen molar-refractivity contribution in [3.05, 3.63) is 11.1 Å². The van der Waals surface area contributed by atoms with E-state index in [1.165, 1.54) is 11.3 Å². The third-order valence-electron chi connectivity index (χ3n) is 3.96. The molecule has 0 radical (unpaired) electrons. The normalized spacial score (nSPS) is 12.7. The zero-order chi connectivity index (χ0) is 20.4. The molecule has 0 unspecified atom stereocenters. The molecule has 0 saturated carbocycles. The number of hydrogen-bond acceptors (Lipinski definition) is 5. The summed E-state index contributed by atoms with van der Waals surface area (Å²) in [6.45, 7) is 14.3. The van der Waals surface area contributed by atoms with Gasteiger partial charge in [0.25, 0.3) is 0 Å². The minimum Gasteiger partial charge on any atom is -0.382 e. The number of carbonyl (C=O) groups excluding carboxylic acids is 2. The van der Waals surface area contributed by atoms with E-state index < -0.39 is 0 Å². The fourth-order valence-electron chi connectivity index (χ4n) is 3.08. The summed E-state index contributed by atoms with van der Waals surface area (Å²) in [4.78, 5) is 31.0. The molecule has 1 N–H and O–H groups in total. The number of thiazole rings is 1. The smallest absolute Gasteiger partial charge is 0.245 e. The van der Waals surface area contributed by atoms with Crippen molar-refractivity contribution in [1.29, 1.82) is 0 Å². The molecule has 0 spiro atoms. The minimum atomic E-state index is -0.211. The standard InChI is InChI=1S/C20H35N3O3S/c1-7-26-10-8-9-23(18(25)11-15(2)12-20(4,5)6)13-17(24)22-19-21-16(3)14-27-19/h14-15H,7-13H2,1-6H3,(H,21,22,24)/t15-/m1/s1. The van der Waals surface area contributed by atoms with Crippen LogP contribution in [0.2, 0.25) is 0 Å². The van der Waals surface area contributed by atoms with E-state index in [1.807, 2.05) is 19.2 Å². The molecular weight excluding hydrogens is 362 g/mol. The summed E-state index contributed by atoms with van der Waals surface area (Å²) < 4.78 is 5.37. The van der Waals surface area contributed by atoms with Crippen LogP contribution in [0.4, 0.5) is 5.13 Å². The lowest BCUT2D eigenvalue weighted by molar-refractivity contribution is -0.135. The van der Waals surface area contributed by atoms with Gasteiger partial charge in [0.2, 0.25) is 11.8 Å². The Morgan fingerprint density at radius 3 is 2.63 bits per heavy atom. The molecule has 0 aliphatic heterocycles. The second-order valence-corrected chi connectivity index (χ2v) is 9.14. The topological polar surface area (TPSA) is 71.5 Å². The van der Waals surface area contributed by atoms with Crippen LogP contribution in [0.15, 0.2) is 5.38 Å². The predicted octanol–water partition coefficient (Wildman–Crippen LogP) is 4.11. The van der Waals surface area contributed by atoms with E-state index in [0.29, 0.717) is 31.3 Å². The Hall–Kier alpha value is -1.47. The highest BCUT2D eigenvalue weighted by Gasteiger charge is 2.22. The molecule has 1 aromatic heterocycles. The van der Waals surface area contributed by atoms with Gasteiger partial charge in [-0.05, 0) is 38.0 Å². The Morgan fingerprint density at radius 1 is 1.37 bits per heavy atom. The van der Waals surface area contributed by atoms with Crippen molar-refractivity contribution in [2.75, 3.05) is 31.6 Å². The lowest BCUT2D eigenvalue weighted by Crippen LogP contribution is -2.39. The van der Waals surface area contributed by atoms with Gasteiger partial charge in [-0.3, -0.25) is 9.59 Å². The van der Waals surface area contributed by atoms with Crippen molar-refractivity contribution in [1.82, 2.24) is 9.88 Å². The van der Waals surface area contributed by atoms with Crippen LogP contribution >= 0.6 is 11.3 Å². The van der Waals surface area contributed by atoms with Gasteiger partial charge >= 0.3 is 0 Å². The van der Waals surface area contributed by atoms with Crippen LogP contribution in [0, 0.1) is 18.3 Å². The molecule has 0 fully saturated rings. The number of nitrogens with zero attached hydrogens (tertiary/aromatic N) is 2. The van der Waals surface area contributed by atoms with Crippen molar-refractivity contribution in [2.45, 2.75) is 60.8 Å². The first-order valence-electron chi connectivity index (χ1n) is 9.68. The Bertz CT molecular complexity index is 596. The molecule has 154 valence electrons. The summed E-state index contributed by atoms with van der Waals surface area (Å²) >= 11 is 1.39. The van der Waals surface area contributed by atoms with Gasteiger partial charge in [-0.25, -0.2) is 4.98 Å². The molecule has 2 amide bonds. The van der Waals surface area contributed by atoms with Crippen LogP contribution in [-0.2, 0) is 14.3 Å². The van der Waals surface area contributed by atoms with Crippen molar-refractivity contribution in [2.24, 2.45) is 11.3 Å². The SMILES string of the molecule is CCOCCCN(CC(=O)Nc1nc(C)cs1)C(=O)C[C@@H](C)CC(C)(C)C. The van der Waals surface area contributed by atoms with Crippen LogP contribution in [-0.4, -0.2) is 48.0 Å². The number of anilines is 1. The lowest BCUT2D eigenvalue weighted by Gasteiger charge is -2.26. The molecule has 27 heavy (non-hydrogen) atoms. The van der Waals surface area contributed by atoms with Crippen LogP contribution in [0.3, 0.4) is 0 Å². The summed E-state index contributed by atoms with van der Waals surface area (Å²) in [7, 11) is 0. The maximum atomic E-state index is 12.8. The first-order chi connectivity index (χ1) is 12.6. The number of hydrogen-bond donors (Lipinski definition) is 1. The van der Waals surface area contributed by atoms with Gasteiger partial charge in [0.1, 0.15) is 0 Å². The van der Waals surface area contributed by atoms with E-state index >= 15 is 0 Å². The highest BCUT2D eigenvalue weighted by molar-refractivity contribution is 7.13. The number of aryl methyl sites for hydroxylation is 1. The van der Waals surface area contributed by atoms with Crippen molar-refractivity contribution in [3.63, 3.8) is 0 Å². The van der Waals surface area contributed by atoms with Gasteiger partial charge in [-0.1, -0.05) is 27.7 Å². The average molecular weight is 398 g/mol. The van der Waals surface area contributed by atoms with Gasteiger partial charge < -0.3 is 15.0 Å². The Balaban J connectivity index is 2.64. The molecule has 1 heterocycles. The van der Waals surface area contributed by atoms with Crippen LogP contribution in [0.5, 0.6) is 0 Å². The summed E-state index contributed by atoms with van der Waals surface area (Å²) in [5, 5.41) is 5.24. The van der Waals surface area contributed by atoms with Gasteiger partial charge in [0.05, 0.1) is 12.2 Å². The van der Waals surface area contributed by atoms with Crippen molar-refractivity contribution < 1.29 is 14.3 Å². The molecule has 1 aromatic rings. The Labute approximate surface area is 167 Å². The Morgan fingerprint density at radius 2 is 2.07 bits per heavy atom. The maximum Gasteiger partial charge on any atom is 0.245 e. The largest absolute Gasteiger partial charge is 0.382 e. The van der Waals surface area contributed by atoms with E-state index in [-0.39, 0.29) is 29.7 Å². The molecule has 0 aliphatic carbocycles. The zero-order valence-corrected chi connectivity index (χ0v) is 18.4. The zero-order valence-electron chi connectivity index (χ0n) is 17.6. The fraction of sp³-hybridized carbons (Fsp3) is 0.750. The quantitative estimate of drug-likeness (QED) is 0.571. The van der Waals surface area contributed by atoms with E-state index in [1.54, 1.807) is 4.90 Å². The first-order valence-corrected chi connectivity index (χ1v) is 10.6. The molecule has 7 heteroatoms. The lowest BCUT2D eigenvalue weighted by atomic mass is 9.84. The second kappa shape index (κ2) is 11.4. The first kappa shape index (κ1) is 23.6. The van der Waals surface area contributed by atoms with Gasteiger partial charge in [-0.2, -0.15) is 0 Å². The predicted molar refractivity (Wildman–Crippen MR) is 111 cm³/mol. The summed E-state index contributed by atoms with van der Waals surface area (Å²) in [5.41, 5.74) is 1.05. The van der Waals surface area contributed by atoms with Crippen LogP contribution < -0.4 is 5.32 Å². The van der Waals surface area contributed by atoms with Crippen molar-refractivity contribution in [3.8, 4) is 0 Å². The number of amides is 2. The van der Waals surface area contributed by atoms with Gasteiger partial charge in [0, 0.05) is 31.6 Å². The third-order valence-corrected chi connectivity index (χ3v) is 4.83. The fourth-order valence-corrected chi connectivity index (χ4v) is 3.79. The molecule has 0 saturated heterocycles. The summed E-state index contributed by atoms with van der Waals surface area (Å²) in [6, 6.07) is 0. The molecule has 0 aromatic carbocycles. The second-order valence-electron chi connectivity index (χ2n) is 8.28. The third kappa shape index (κ3) is 10.4. The van der Waals surface area contributed by atoms with Crippen LogP contribution in [0.1, 0.15) is 59.6 Å². The number of carbonyl (C=O) groups is 2. The van der Waals surface area contributed by atoms with E-state index in [2.05, 4.69) is 38.0 Å². The average Bonchev–Trinajstić information content (AvgIpc) is 2.93. The molecule has 6 nitrogen and oxygen atoms in total. The van der Waals surface area contributed by atoms with E-state index in [4.69, 9.17) is 4.74 Å². The highest BCUT2D eigenvalue weighted by Crippen LogP contribution is 2.26. The van der Waals surface area contributed by atoms with E-state index in [0.717, 1.165) is 18.5 Å². The number of aromatic nitrogens is 1. The summed E-state index contributed by atoms with van der Waals surface area (Å²) in [6.07, 6.45) is 2.14. The van der Waals surface area contributed by atoms with Crippen LogP contribution in [0.25, 0.3) is 0 Å². The maximum absolute atomic E-state index is 12.8. The van der Waals surface area contributed by atoms with Crippen molar-refractivity contribution >= 4 is 28.3 Å². The molecule has 1 atom stereocenters. The molecule has 0 aliphatic rings. The van der Waals surface area contributed by atoms with E-state index in [9.17, 15) is 9.59 Å². The highest BCUT2D eigenvalue weighted by atomic mass is 32.1. The number of nitrogens with one attached hydrogen (secondary N) is 1. The summed E-state index contributed by atoms with van der Waals surface area (Å²) in [5.74, 6) is 0.0860. The monoisotopic (exact) mass is 397 g/mol. The number of ether oxygens (including phenoxy) is 1. The van der Waals surface area contributed by atoms with Gasteiger partial charge in [0.15, 0.2) is 5.13 Å². The van der Waals surface area contributed by atoms with Gasteiger partial charge in [-0.15, -0.1) is 11.3 Å². The minimum absolute atomic E-state index is 0.0220. The molecule has 1 rings (SSSR count).